The van der Waals surface area contributed by atoms with E-state index >= 15 is 0 Å². The zero-order valence-corrected chi connectivity index (χ0v) is 11.1. The second-order valence-electron chi connectivity index (χ2n) is 4.58. The Balaban J connectivity index is 2.15. The van der Waals surface area contributed by atoms with Crippen LogP contribution in [0.5, 0.6) is 5.75 Å². The Morgan fingerprint density at radius 1 is 1.58 bits per heavy atom. The minimum Gasteiger partial charge on any atom is -0.495 e. The predicted molar refractivity (Wildman–Crippen MR) is 70.6 cm³/mol. The number of nitrogens with one attached hydrogen (secondary N) is 1. The second kappa shape index (κ2) is 5.72. The zero-order valence-electron chi connectivity index (χ0n) is 11.1. The maximum Gasteiger partial charge on any atom is 0.239 e. The number of carbonyl (C=O) groups excluding carboxylic acids is 1. The first kappa shape index (κ1) is 13.4. The van der Waals surface area contributed by atoms with Gasteiger partial charge in [-0.05, 0) is 24.6 Å². The molecule has 5 nitrogen and oxygen atoms in total. The van der Waals surface area contributed by atoms with Crippen LogP contribution in [0.1, 0.15) is 18.1 Å². The van der Waals surface area contributed by atoms with Gasteiger partial charge in [-0.25, -0.2) is 0 Å². The molecular weight excluding hydrogens is 242 g/mol. The molecule has 0 radical (unpaired) electrons. The molecule has 1 fully saturated rings. The van der Waals surface area contributed by atoms with Gasteiger partial charge in [0.2, 0.25) is 5.91 Å². The molecule has 5 heteroatoms. The maximum atomic E-state index is 12.0. The van der Waals surface area contributed by atoms with Crippen LogP contribution < -0.4 is 10.1 Å². The first-order valence-electron chi connectivity index (χ1n) is 6.25. The van der Waals surface area contributed by atoms with Crippen LogP contribution in [-0.2, 0) is 11.3 Å². The van der Waals surface area contributed by atoms with Gasteiger partial charge in [0.15, 0.2) is 0 Å². The molecule has 1 amide bonds. The van der Waals surface area contributed by atoms with Crippen LogP contribution in [0, 0.1) is 11.3 Å². The summed E-state index contributed by atoms with van der Waals surface area (Å²) in [6.07, 6.45) is 0. The van der Waals surface area contributed by atoms with E-state index in [9.17, 15) is 4.79 Å². The summed E-state index contributed by atoms with van der Waals surface area (Å²) in [5.41, 5.74) is 1.44. The fraction of sp³-hybridized carbons (Fsp3) is 0.429. The predicted octanol–water partition coefficient (Wildman–Crippen LogP) is 0.887. The van der Waals surface area contributed by atoms with E-state index in [0.29, 0.717) is 24.4 Å². The maximum absolute atomic E-state index is 12.0. The van der Waals surface area contributed by atoms with Gasteiger partial charge in [-0.2, -0.15) is 5.26 Å². The summed E-state index contributed by atoms with van der Waals surface area (Å²) in [6.45, 7) is 3.89. The molecule has 0 saturated carbocycles. The number of carbonyl (C=O) groups is 1. The van der Waals surface area contributed by atoms with Crippen molar-refractivity contribution in [1.29, 1.82) is 5.26 Å². The Kier molecular flexibility index (Phi) is 4.03. The molecule has 1 N–H and O–H groups in total. The van der Waals surface area contributed by atoms with Crippen molar-refractivity contribution in [1.82, 2.24) is 10.2 Å². The molecule has 2 rings (SSSR count). The minimum atomic E-state index is -0.137. The van der Waals surface area contributed by atoms with Crippen molar-refractivity contribution >= 4 is 5.91 Å². The summed E-state index contributed by atoms with van der Waals surface area (Å²) in [6, 6.07) is 7.40. The highest BCUT2D eigenvalue weighted by Gasteiger charge is 2.24. The van der Waals surface area contributed by atoms with Crippen molar-refractivity contribution in [2.24, 2.45) is 0 Å². The van der Waals surface area contributed by atoms with Gasteiger partial charge < -0.3 is 15.0 Å². The van der Waals surface area contributed by atoms with Gasteiger partial charge in [-0.15, -0.1) is 0 Å². The van der Waals surface area contributed by atoms with Crippen LogP contribution in [0.4, 0.5) is 0 Å². The summed E-state index contributed by atoms with van der Waals surface area (Å²) in [5.74, 6) is 0.659. The molecule has 0 spiro atoms. The number of hydrogen-bond donors (Lipinski definition) is 1. The van der Waals surface area contributed by atoms with Crippen molar-refractivity contribution in [3.8, 4) is 11.8 Å². The lowest BCUT2D eigenvalue weighted by molar-refractivity contribution is -0.135. The number of rotatable bonds is 3. The molecule has 1 saturated heterocycles. The molecule has 0 aromatic heterocycles. The normalized spacial score (nSPS) is 19.1. The summed E-state index contributed by atoms with van der Waals surface area (Å²) in [5, 5.41) is 12.2. The van der Waals surface area contributed by atoms with E-state index in [1.807, 2.05) is 17.9 Å². The van der Waals surface area contributed by atoms with Gasteiger partial charge in [-0.1, -0.05) is 6.07 Å². The molecule has 1 atom stereocenters. The largest absolute Gasteiger partial charge is 0.495 e. The average molecular weight is 259 g/mol. The number of piperazine rings is 1. The van der Waals surface area contributed by atoms with Crippen LogP contribution in [0.25, 0.3) is 0 Å². The topological polar surface area (TPSA) is 65.4 Å². The lowest BCUT2D eigenvalue weighted by Gasteiger charge is -2.31. The number of nitrogens with zero attached hydrogens (tertiary/aromatic N) is 2. The van der Waals surface area contributed by atoms with Gasteiger partial charge in [0.05, 0.1) is 18.7 Å². The van der Waals surface area contributed by atoms with E-state index in [2.05, 4.69) is 11.4 Å². The van der Waals surface area contributed by atoms with Crippen molar-refractivity contribution in [3.63, 3.8) is 0 Å². The van der Waals surface area contributed by atoms with Crippen molar-refractivity contribution in [2.75, 3.05) is 20.2 Å². The Bertz CT molecular complexity index is 522. The first-order valence-corrected chi connectivity index (χ1v) is 6.25. The molecule has 1 aliphatic heterocycles. The van der Waals surface area contributed by atoms with Crippen LogP contribution in [0.2, 0.25) is 0 Å². The Labute approximate surface area is 112 Å². The summed E-state index contributed by atoms with van der Waals surface area (Å²) >= 11 is 0. The van der Waals surface area contributed by atoms with Crippen molar-refractivity contribution in [3.05, 3.63) is 29.3 Å². The van der Waals surface area contributed by atoms with Gasteiger partial charge in [0, 0.05) is 19.6 Å². The minimum absolute atomic E-state index is 0.0978. The van der Waals surface area contributed by atoms with E-state index in [-0.39, 0.29) is 11.9 Å². The van der Waals surface area contributed by atoms with Gasteiger partial charge >= 0.3 is 0 Å². The third-order valence-corrected chi connectivity index (χ3v) is 3.27. The molecular formula is C14H17N3O2. The monoisotopic (exact) mass is 259 g/mol. The van der Waals surface area contributed by atoms with Crippen molar-refractivity contribution < 1.29 is 9.53 Å². The fourth-order valence-electron chi connectivity index (χ4n) is 2.21. The highest BCUT2D eigenvalue weighted by molar-refractivity contribution is 5.82. The molecule has 1 aromatic rings. The Morgan fingerprint density at radius 3 is 3.05 bits per heavy atom. The third-order valence-electron chi connectivity index (χ3n) is 3.27. The highest BCUT2D eigenvalue weighted by atomic mass is 16.5. The van der Waals surface area contributed by atoms with Gasteiger partial charge in [0.1, 0.15) is 11.8 Å². The van der Waals surface area contributed by atoms with Crippen molar-refractivity contribution in [2.45, 2.75) is 19.5 Å². The quantitative estimate of drug-likeness (QED) is 0.875. The molecule has 19 heavy (non-hydrogen) atoms. The molecule has 100 valence electrons. The first-order chi connectivity index (χ1) is 9.15. The zero-order chi connectivity index (χ0) is 13.8. The molecule has 1 unspecified atom stereocenters. The van der Waals surface area contributed by atoms with E-state index < -0.39 is 0 Å². The number of ether oxygens (including phenoxy) is 1. The van der Waals surface area contributed by atoms with Crippen LogP contribution in [0.15, 0.2) is 18.2 Å². The Hall–Kier alpha value is -2.06. The van der Waals surface area contributed by atoms with E-state index in [1.165, 1.54) is 7.11 Å². The fourth-order valence-corrected chi connectivity index (χ4v) is 2.21. The number of hydrogen-bond acceptors (Lipinski definition) is 4. The molecule has 0 bridgehead atoms. The smallest absolute Gasteiger partial charge is 0.239 e. The van der Waals surface area contributed by atoms with Crippen LogP contribution >= 0.6 is 0 Å². The van der Waals surface area contributed by atoms with Crippen LogP contribution in [-0.4, -0.2) is 37.0 Å². The molecule has 1 aliphatic rings. The number of amides is 1. The lowest BCUT2D eigenvalue weighted by atomic mass is 10.1. The summed E-state index contributed by atoms with van der Waals surface area (Å²) < 4.78 is 5.11. The van der Waals surface area contributed by atoms with Gasteiger partial charge in [0.25, 0.3) is 0 Å². The summed E-state index contributed by atoms with van der Waals surface area (Å²) in [7, 11) is 1.54. The highest BCUT2D eigenvalue weighted by Crippen LogP contribution is 2.20. The lowest BCUT2D eigenvalue weighted by Crippen LogP contribution is -2.53. The van der Waals surface area contributed by atoms with E-state index in [0.717, 1.165) is 12.1 Å². The summed E-state index contributed by atoms with van der Waals surface area (Å²) in [4.78, 5) is 13.8. The molecule has 1 aromatic carbocycles. The molecule has 0 aliphatic carbocycles. The average Bonchev–Trinajstić information content (AvgIpc) is 2.43. The third kappa shape index (κ3) is 2.85. The SMILES string of the molecule is COc1ccc(CN2CCNC(C)C2=O)cc1C#N. The Morgan fingerprint density at radius 2 is 2.37 bits per heavy atom. The standard InChI is InChI=1S/C14H17N3O2/c1-10-14(18)17(6-5-16-10)9-11-3-4-13(19-2)12(7-11)8-15/h3-4,7,10,16H,5-6,9H2,1-2H3. The number of nitriles is 1. The van der Waals surface area contributed by atoms with E-state index in [1.54, 1.807) is 12.1 Å². The second-order valence-corrected chi connectivity index (χ2v) is 4.58. The number of benzene rings is 1. The number of methoxy groups -OCH3 is 1. The molecule has 1 heterocycles. The van der Waals surface area contributed by atoms with Gasteiger partial charge in [-0.3, -0.25) is 4.79 Å². The van der Waals surface area contributed by atoms with E-state index in [4.69, 9.17) is 10.00 Å². The van der Waals surface area contributed by atoms with Crippen LogP contribution in [0.3, 0.4) is 0 Å².